The van der Waals surface area contributed by atoms with Gasteiger partial charge in [0.2, 0.25) is 5.91 Å². The fourth-order valence-electron chi connectivity index (χ4n) is 8.18. The third kappa shape index (κ3) is 6.05. The zero-order valence-electron chi connectivity index (χ0n) is 28.0. The van der Waals surface area contributed by atoms with Crippen molar-refractivity contribution in [3.05, 3.63) is 47.5 Å². The van der Waals surface area contributed by atoms with Gasteiger partial charge in [-0.15, -0.1) is 0 Å². The quantitative estimate of drug-likeness (QED) is 0.318. The lowest BCUT2D eigenvalue weighted by Crippen LogP contribution is -2.62. The van der Waals surface area contributed by atoms with Gasteiger partial charge in [-0.2, -0.15) is 5.06 Å². The van der Waals surface area contributed by atoms with E-state index in [0.717, 1.165) is 28.8 Å². The molecule has 1 heterocycles. The monoisotopic (exact) mass is 621 g/mol. The van der Waals surface area contributed by atoms with Crippen molar-refractivity contribution in [3.63, 3.8) is 0 Å². The van der Waals surface area contributed by atoms with Crippen molar-refractivity contribution in [2.45, 2.75) is 71.4 Å². The summed E-state index contributed by atoms with van der Waals surface area (Å²) in [6, 6.07) is 10.9. The van der Waals surface area contributed by atoms with Gasteiger partial charge in [-0.05, 0) is 66.7 Å². The van der Waals surface area contributed by atoms with Crippen LogP contribution in [0.3, 0.4) is 0 Å². The smallest absolute Gasteiger partial charge is 0.251 e. The molecule has 10 nitrogen and oxygen atoms in total. The minimum Gasteiger partial charge on any atom is -0.496 e. The molecule has 3 aliphatic carbocycles. The average Bonchev–Trinajstić information content (AvgIpc) is 3.39. The Kier molecular flexibility index (Phi) is 9.52. The molecule has 8 atom stereocenters. The summed E-state index contributed by atoms with van der Waals surface area (Å²) in [4.78, 5) is 35.1. The number of nitrogens with one attached hydrogen (secondary N) is 2. The summed E-state index contributed by atoms with van der Waals surface area (Å²) < 4.78 is 5.99. The van der Waals surface area contributed by atoms with Crippen LogP contribution >= 0.6 is 0 Å². The van der Waals surface area contributed by atoms with E-state index in [1.54, 1.807) is 26.1 Å². The zero-order chi connectivity index (χ0) is 32.8. The van der Waals surface area contributed by atoms with E-state index in [1.165, 1.54) is 6.42 Å². The Morgan fingerprint density at radius 2 is 1.96 bits per heavy atom. The van der Waals surface area contributed by atoms with Crippen LogP contribution in [-0.2, 0) is 16.2 Å². The van der Waals surface area contributed by atoms with Gasteiger partial charge in [0.05, 0.1) is 25.9 Å². The van der Waals surface area contributed by atoms with Crippen molar-refractivity contribution in [1.82, 2.24) is 15.7 Å². The highest BCUT2D eigenvalue weighted by Gasteiger charge is 2.57. The number of fused-ring (bicyclic) bond motifs is 2. The van der Waals surface area contributed by atoms with Crippen LogP contribution in [0.1, 0.15) is 56.5 Å². The molecule has 5 N–H and O–H groups in total. The average molecular weight is 622 g/mol. The molecule has 6 rings (SSSR count). The van der Waals surface area contributed by atoms with E-state index in [4.69, 9.17) is 15.3 Å². The maximum atomic E-state index is 14.1. The molecule has 0 radical (unpaired) electrons. The molecule has 3 saturated carbocycles. The first-order valence-electron chi connectivity index (χ1n) is 16.1. The molecule has 4 fully saturated rings. The van der Waals surface area contributed by atoms with Crippen molar-refractivity contribution in [2.75, 3.05) is 39.7 Å². The number of nitrogens with zero attached hydrogens (tertiary/aromatic N) is 2. The van der Waals surface area contributed by atoms with Crippen LogP contribution in [0.25, 0.3) is 11.1 Å². The second-order valence-corrected chi connectivity index (χ2v) is 14.0. The zero-order valence-corrected chi connectivity index (χ0v) is 28.0. The van der Waals surface area contributed by atoms with Crippen molar-refractivity contribution in [1.29, 1.82) is 0 Å². The van der Waals surface area contributed by atoms with Gasteiger partial charge in [0, 0.05) is 62.0 Å². The number of para-hydroxylation sites is 1. The Morgan fingerprint density at radius 1 is 1.22 bits per heavy atom. The molecule has 2 bridgehead atoms. The summed E-state index contributed by atoms with van der Waals surface area (Å²) in [5.41, 5.74) is 10.3. The van der Waals surface area contributed by atoms with Crippen molar-refractivity contribution < 1.29 is 24.3 Å². The van der Waals surface area contributed by atoms with Crippen molar-refractivity contribution in [2.24, 2.45) is 34.8 Å². The minimum absolute atomic E-state index is 0.0825. The summed E-state index contributed by atoms with van der Waals surface area (Å²) in [7, 11) is 7.09. The van der Waals surface area contributed by atoms with E-state index in [-0.39, 0.29) is 30.9 Å². The molecule has 2 aromatic carbocycles. The molecule has 2 aromatic rings. The molecule has 10 heteroatoms. The molecule has 246 valence electrons. The van der Waals surface area contributed by atoms with Crippen molar-refractivity contribution in [3.8, 4) is 16.9 Å². The van der Waals surface area contributed by atoms with Crippen LogP contribution in [0.5, 0.6) is 5.75 Å². The third-order valence-electron chi connectivity index (χ3n) is 11.0. The molecule has 45 heavy (non-hydrogen) atoms. The number of hydrogen-bond acceptors (Lipinski definition) is 8. The fourth-order valence-corrected chi connectivity index (χ4v) is 8.18. The maximum Gasteiger partial charge on any atom is 0.251 e. The van der Waals surface area contributed by atoms with Crippen LogP contribution in [0.4, 0.5) is 5.69 Å². The van der Waals surface area contributed by atoms with E-state index in [1.807, 2.05) is 55.4 Å². The van der Waals surface area contributed by atoms with Gasteiger partial charge < -0.3 is 31.1 Å². The van der Waals surface area contributed by atoms with E-state index < -0.39 is 24.2 Å². The van der Waals surface area contributed by atoms with E-state index in [2.05, 4.69) is 31.4 Å². The second kappa shape index (κ2) is 12.9. The van der Waals surface area contributed by atoms with Gasteiger partial charge in [-0.25, -0.2) is 0 Å². The Labute approximate surface area is 267 Å². The van der Waals surface area contributed by atoms with Crippen LogP contribution in [-0.4, -0.2) is 81.1 Å². The standard InChI is InChI=1S/C35H51N5O5/c1-19-27-15-24(35(27,3)4)16-28(19)38-34(43)31-30(20(2)41)29(17-36)45-40(31)18-21-10-9-11-26(32(21)44-8)22-12-23(33(42)37-5)14-25(13-22)39(6)7/h9-14,19-20,24,27-31,41H,15-18,36H2,1-8H3,(H,37,42)(H,38,43)/t19-,20-,24+,27-,28-,29-,30+,31-/m0/s1. The van der Waals surface area contributed by atoms with Crippen LogP contribution in [0.15, 0.2) is 36.4 Å². The fraction of sp³-hybridized carbons (Fsp3) is 0.600. The lowest BCUT2D eigenvalue weighted by molar-refractivity contribution is -0.175. The number of aliphatic hydroxyl groups is 1. The molecular weight excluding hydrogens is 570 g/mol. The molecular formula is C35H51N5O5. The normalized spacial score (nSPS) is 29.4. The minimum atomic E-state index is -0.805. The lowest BCUT2D eigenvalue weighted by Gasteiger charge is -2.62. The lowest BCUT2D eigenvalue weighted by atomic mass is 9.45. The van der Waals surface area contributed by atoms with Crippen LogP contribution < -0.4 is 26.0 Å². The Bertz CT molecular complexity index is 1410. The van der Waals surface area contributed by atoms with Crippen LogP contribution in [0.2, 0.25) is 0 Å². The Morgan fingerprint density at radius 3 is 2.53 bits per heavy atom. The summed E-state index contributed by atoms with van der Waals surface area (Å²) in [6.07, 6.45) is 0.866. The number of ether oxygens (including phenoxy) is 1. The number of aliphatic hydroxyl groups excluding tert-OH is 1. The maximum absolute atomic E-state index is 14.1. The molecule has 1 aliphatic heterocycles. The first-order valence-corrected chi connectivity index (χ1v) is 16.1. The molecule has 0 unspecified atom stereocenters. The largest absolute Gasteiger partial charge is 0.496 e. The molecule has 2 amide bonds. The SMILES string of the molecule is CNC(=O)c1cc(-c2cccc(CN3O[C@@H](CN)[C@@H]([C@H](C)O)[C@H]3C(=O)N[C@H]3C[C@H]4C[C@@H]([C@@H]3C)C4(C)C)c2OC)cc(N(C)C)c1. The number of carbonyl (C=O) groups excluding carboxylic acids is 2. The van der Waals surface area contributed by atoms with E-state index in [9.17, 15) is 14.7 Å². The predicted octanol–water partition coefficient (Wildman–Crippen LogP) is 3.41. The summed E-state index contributed by atoms with van der Waals surface area (Å²) in [5.74, 6) is 1.36. The number of benzene rings is 2. The number of rotatable bonds is 10. The highest BCUT2D eigenvalue weighted by atomic mass is 16.7. The topological polar surface area (TPSA) is 129 Å². The highest BCUT2D eigenvalue weighted by molar-refractivity contribution is 5.97. The van der Waals surface area contributed by atoms with Gasteiger partial charge in [0.25, 0.3) is 5.91 Å². The number of anilines is 1. The van der Waals surface area contributed by atoms with E-state index in [0.29, 0.717) is 34.5 Å². The first-order chi connectivity index (χ1) is 21.3. The van der Waals surface area contributed by atoms with Crippen LogP contribution in [0, 0.1) is 29.1 Å². The highest BCUT2D eigenvalue weighted by Crippen LogP contribution is 2.61. The molecule has 0 spiro atoms. The summed E-state index contributed by atoms with van der Waals surface area (Å²) in [5, 5.41) is 18.6. The molecule has 4 aliphatic rings. The number of carbonyl (C=O) groups is 2. The van der Waals surface area contributed by atoms with Gasteiger partial charge >= 0.3 is 0 Å². The summed E-state index contributed by atoms with van der Waals surface area (Å²) >= 11 is 0. The number of hydrogen-bond donors (Lipinski definition) is 4. The first kappa shape index (κ1) is 33.2. The van der Waals surface area contributed by atoms with Gasteiger partial charge in [0.15, 0.2) is 0 Å². The Balaban J connectivity index is 1.46. The number of hydroxylamine groups is 2. The second-order valence-electron chi connectivity index (χ2n) is 14.0. The van der Waals surface area contributed by atoms with E-state index >= 15 is 0 Å². The number of nitrogens with two attached hydrogens (primary N) is 1. The van der Waals surface area contributed by atoms with Crippen molar-refractivity contribution >= 4 is 17.5 Å². The Hall–Kier alpha value is -3.18. The molecule has 1 saturated heterocycles. The molecule has 0 aromatic heterocycles. The third-order valence-corrected chi connectivity index (χ3v) is 11.0. The number of amides is 2. The summed E-state index contributed by atoms with van der Waals surface area (Å²) in [6.45, 7) is 9.06. The van der Waals surface area contributed by atoms with Gasteiger partial charge in [-0.1, -0.05) is 39.0 Å². The van der Waals surface area contributed by atoms with Gasteiger partial charge in [0.1, 0.15) is 11.8 Å². The number of methoxy groups -OCH3 is 1. The van der Waals surface area contributed by atoms with Gasteiger partial charge in [-0.3, -0.25) is 14.4 Å². The predicted molar refractivity (Wildman–Crippen MR) is 176 cm³/mol.